The molecular formula is C19H21N3O2S. The zero-order valence-corrected chi connectivity index (χ0v) is 15.4. The maximum absolute atomic E-state index is 12.8. The van der Waals surface area contributed by atoms with Crippen LogP contribution in [0.25, 0.3) is 0 Å². The Labute approximate surface area is 151 Å². The first-order valence-corrected chi connectivity index (χ1v) is 9.00. The molecule has 1 atom stereocenters. The summed E-state index contributed by atoms with van der Waals surface area (Å²) in [6, 6.07) is 13.2. The highest BCUT2D eigenvalue weighted by Crippen LogP contribution is 2.26. The predicted molar refractivity (Wildman–Crippen MR) is 101 cm³/mol. The van der Waals surface area contributed by atoms with Crippen LogP contribution in [0.5, 0.6) is 0 Å². The fourth-order valence-corrected chi connectivity index (χ4v) is 3.81. The number of carbonyl (C=O) groups excluding carboxylic acids is 2. The zero-order chi connectivity index (χ0) is 18.0. The van der Waals surface area contributed by atoms with E-state index in [1.807, 2.05) is 49.4 Å². The van der Waals surface area contributed by atoms with Crippen LogP contribution in [0.4, 0.5) is 5.69 Å². The number of para-hydroxylation sites is 1. The minimum absolute atomic E-state index is 0.00642. The largest absolute Gasteiger partial charge is 0.335 e. The van der Waals surface area contributed by atoms with Crippen LogP contribution in [0.3, 0.4) is 0 Å². The monoisotopic (exact) mass is 355 g/mol. The fourth-order valence-electron chi connectivity index (χ4n) is 2.87. The number of ketones is 1. The second-order valence-electron chi connectivity index (χ2n) is 6.23. The molecule has 130 valence electrons. The quantitative estimate of drug-likeness (QED) is 0.827. The summed E-state index contributed by atoms with van der Waals surface area (Å²) in [5.74, 6) is -0.123. The number of benzene rings is 1. The second kappa shape index (κ2) is 7.19. The van der Waals surface area contributed by atoms with Gasteiger partial charge in [0, 0.05) is 23.2 Å². The summed E-state index contributed by atoms with van der Waals surface area (Å²) in [6.45, 7) is 4.14. The molecule has 6 heteroatoms. The molecule has 0 bridgehead atoms. The van der Waals surface area contributed by atoms with E-state index < -0.39 is 6.04 Å². The number of nitrogens with zero attached hydrogens (tertiary/aromatic N) is 3. The fraction of sp³-hybridized carbons (Fsp3) is 0.316. The summed E-state index contributed by atoms with van der Waals surface area (Å²) in [5.41, 5.74) is 1.25. The van der Waals surface area contributed by atoms with E-state index in [1.54, 1.807) is 35.2 Å². The van der Waals surface area contributed by atoms with Crippen molar-refractivity contribution in [3.05, 3.63) is 52.2 Å². The summed E-state index contributed by atoms with van der Waals surface area (Å²) in [6.07, 6.45) is 0.344. The predicted octanol–water partition coefficient (Wildman–Crippen LogP) is 3.24. The average Bonchev–Trinajstić information content (AvgIpc) is 3.21. The van der Waals surface area contributed by atoms with E-state index in [-0.39, 0.29) is 11.7 Å². The molecule has 1 aliphatic heterocycles. The molecule has 1 aliphatic rings. The van der Waals surface area contributed by atoms with Crippen molar-refractivity contribution in [2.75, 3.05) is 12.1 Å². The number of anilines is 1. The Morgan fingerprint density at radius 2 is 1.96 bits per heavy atom. The van der Waals surface area contributed by atoms with Crippen LogP contribution < -0.4 is 5.01 Å². The standard InChI is InChI=1S/C19H21N3O2S/c1-13-9-10-16(25-13)12-21(3)19(24)17-11-18(14(2)23)22(20-17)15-7-5-4-6-8-15/h4-10,18H,11-12H2,1-3H3. The Morgan fingerprint density at radius 3 is 2.56 bits per heavy atom. The molecule has 1 amide bonds. The molecule has 2 aromatic rings. The van der Waals surface area contributed by atoms with Crippen LogP contribution in [0, 0.1) is 6.92 Å². The van der Waals surface area contributed by atoms with Gasteiger partial charge in [0.1, 0.15) is 11.8 Å². The van der Waals surface area contributed by atoms with Crippen molar-refractivity contribution in [1.82, 2.24) is 4.90 Å². The van der Waals surface area contributed by atoms with Gasteiger partial charge < -0.3 is 4.90 Å². The van der Waals surface area contributed by atoms with Crippen LogP contribution in [0.2, 0.25) is 0 Å². The van der Waals surface area contributed by atoms with Gasteiger partial charge in [-0.1, -0.05) is 18.2 Å². The number of hydrogen-bond acceptors (Lipinski definition) is 5. The molecular weight excluding hydrogens is 334 g/mol. The second-order valence-corrected chi connectivity index (χ2v) is 7.60. The summed E-state index contributed by atoms with van der Waals surface area (Å²) in [5, 5.41) is 6.14. The van der Waals surface area contributed by atoms with Crippen molar-refractivity contribution in [2.24, 2.45) is 5.10 Å². The third-order valence-corrected chi connectivity index (χ3v) is 5.17. The minimum atomic E-state index is -0.418. The van der Waals surface area contributed by atoms with Crippen LogP contribution in [0.1, 0.15) is 23.1 Å². The lowest BCUT2D eigenvalue weighted by molar-refractivity contribution is -0.123. The topological polar surface area (TPSA) is 53.0 Å². The highest BCUT2D eigenvalue weighted by atomic mass is 32.1. The molecule has 0 spiro atoms. The molecule has 5 nitrogen and oxygen atoms in total. The van der Waals surface area contributed by atoms with E-state index in [4.69, 9.17) is 0 Å². The SMILES string of the molecule is CC(=O)C1CC(C(=O)N(C)Cc2ccc(C)s2)=NN1c1ccccc1. The molecule has 1 aromatic carbocycles. The maximum atomic E-state index is 12.8. The highest BCUT2D eigenvalue weighted by molar-refractivity contribution is 7.11. The highest BCUT2D eigenvalue weighted by Gasteiger charge is 2.35. The number of aryl methyl sites for hydroxylation is 1. The summed E-state index contributed by atoms with van der Waals surface area (Å²) in [7, 11) is 1.77. The van der Waals surface area contributed by atoms with E-state index in [0.717, 1.165) is 10.6 Å². The molecule has 0 radical (unpaired) electrons. The Balaban J connectivity index is 1.78. The lowest BCUT2D eigenvalue weighted by atomic mass is 10.1. The first-order chi connectivity index (χ1) is 12.0. The molecule has 0 aliphatic carbocycles. The third kappa shape index (κ3) is 3.79. The van der Waals surface area contributed by atoms with Gasteiger partial charge in [-0.25, -0.2) is 0 Å². The number of carbonyl (C=O) groups is 2. The average molecular weight is 355 g/mol. The molecule has 3 rings (SSSR count). The number of amides is 1. The zero-order valence-electron chi connectivity index (χ0n) is 14.6. The van der Waals surface area contributed by atoms with Crippen LogP contribution in [-0.2, 0) is 16.1 Å². The van der Waals surface area contributed by atoms with E-state index in [0.29, 0.717) is 18.7 Å². The van der Waals surface area contributed by atoms with Crippen LogP contribution >= 0.6 is 11.3 Å². The lowest BCUT2D eigenvalue weighted by Gasteiger charge is -2.20. The molecule has 1 unspecified atom stereocenters. The molecule has 1 aromatic heterocycles. The van der Waals surface area contributed by atoms with Gasteiger partial charge in [0.05, 0.1) is 12.2 Å². The van der Waals surface area contributed by atoms with Gasteiger partial charge in [-0.2, -0.15) is 5.10 Å². The van der Waals surface area contributed by atoms with Crippen LogP contribution in [-0.4, -0.2) is 35.4 Å². The first-order valence-electron chi connectivity index (χ1n) is 8.18. The van der Waals surface area contributed by atoms with Gasteiger partial charge in [-0.15, -0.1) is 11.3 Å². The smallest absolute Gasteiger partial charge is 0.270 e. The molecule has 0 fully saturated rings. The Hall–Kier alpha value is -2.47. The summed E-state index contributed by atoms with van der Waals surface area (Å²) >= 11 is 1.68. The number of thiophene rings is 1. The number of Topliss-reactive ketones (excluding diaryl/α,β-unsaturated/α-hetero) is 1. The van der Waals surface area contributed by atoms with Gasteiger partial charge in [0.2, 0.25) is 0 Å². The summed E-state index contributed by atoms with van der Waals surface area (Å²) in [4.78, 5) is 28.8. The van der Waals surface area contributed by atoms with E-state index in [2.05, 4.69) is 5.10 Å². The van der Waals surface area contributed by atoms with Crippen molar-refractivity contribution in [3.63, 3.8) is 0 Å². The normalized spacial score (nSPS) is 16.7. The van der Waals surface area contributed by atoms with Gasteiger partial charge >= 0.3 is 0 Å². The molecule has 25 heavy (non-hydrogen) atoms. The van der Waals surface area contributed by atoms with Gasteiger partial charge in [-0.05, 0) is 38.1 Å². The van der Waals surface area contributed by atoms with Crippen molar-refractivity contribution >= 4 is 34.4 Å². The Bertz CT molecular complexity index is 813. The number of hydrazone groups is 1. The Kier molecular flexibility index (Phi) is 4.99. The van der Waals surface area contributed by atoms with Crippen molar-refractivity contribution in [1.29, 1.82) is 0 Å². The van der Waals surface area contributed by atoms with Crippen molar-refractivity contribution in [3.8, 4) is 0 Å². The molecule has 2 heterocycles. The third-order valence-electron chi connectivity index (χ3n) is 4.18. The van der Waals surface area contributed by atoms with Crippen molar-refractivity contribution in [2.45, 2.75) is 32.9 Å². The van der Waals surface area contributed by atoms with Gasteiger partial charge in [0.25, 0.3) is 5.91 Å². The summed E-state index contributed by atoms with van der Waals surface area (Å²) < 4.78 is 0. The molecule has 0 saturated carbocycles. The molecule has 0 saturated heterocycles. The maximum Gasteiger partial charge on any atom is 0.270 e. The van der Waals surface area contributed by atoms with E-state index in [9.17, 15) is 9.59 Å². The number of rotatable bonds is 5. The van der Waals surface area contributed by atoms with Gasteiger partial charge in [-0.3, -0.25) is 14.6 Å². The number of hydrogen-bond donors (Lipinski definition) is 0. The van der Waals surface area contributed by atoms with Crippen LogP contribution in [0.15, 0.2) is 47.6 Å². The van der Waals surface area contributed by atoms with Crippen molar-refractivity contribution < 1.29 is 9.59 Å². The minimum Gasteiger partial charge on any atom is -0.335 e. The molecule has 0 N–H and O–H groups in total. The van der Waals surface area contributed by atoms with E-state index in [1.165, 1.54) is 4.88 Å². The lowest BCUT2D eigenvalue weighted by Crippen LogP contribution is -2.34. The Morgan fingerprint density at radius 1 is 1.24 bits per heavy atom. The first kappa shape index (κ1) is 17.4. The van der Waals surface area contributed by atoms with Gasteiger partial charge in [0.15, 0.2) is 5.78 Å². The van der Waals surface area contributed by atoms with E-state index >= 15 is 0 Å².